The molecule has 2 aromatic heterocycles. The summed E-state index contributed by atoms with van der Waals surface area (Å²) in [5.41, 5.74) is 8.06. The molecule has 0 radical (unpaired) electrons. The molecule has 0 unspecified atom stereocenters. The maximum Gasteiger partial charge on any atom is 0.251 e. The number of azo groups is 1. The van der Waals surface area contributed by atoms with Gasteiger partial charge in [0, 0.05) is 16.7 Å². The minimum absolute atomic E-state index is 0.121. The van der Waals surface area contributed by atoms with Gasteiger partial charge in [0.25, 0.3) is 5.56 Å². The average Bonchev–Trinajstić information content (AvgIpc) is 2.97. The molecule has 0 amide bonds. The Bertz CT molecular complexity index is 1230. The van der Waals surface area contributed by atoms with Crippen molar-refractivity contribution in [3.8, 4) is 11.3 Å². The molecule has 0 aliphatic carbocycles. The molecule has 0 bridgehead atoms. The number of halogens is 2. The van der Waals surface area contributed by atoms with Crippen LogP contribution in [0.3, 0.4) is 0 Å². The summed E-state index contributed by atoms with van der Waals surface area (Å²) in [6.45, 7) is 0. The first-order chi connectivity index (χ1) is 13.0. The lowest BCUT2D eigenvalue weighted by Crippen LogP contribution is -2.09. The van der Waals surface area contributed by atoms with Gasteiger partial charge < -0.3 is 10.7 Å². The van der Waals surface area contributed by atoms with Crippen molar-refractivity contribution in [3.63, 3.8) is 0 Å². The van der Waals surface area contributed by atoms with Gasteiger partial charge in [-0.05, 0) is 18.2 Å². The Morgan fingerprint density at radius 1 is 1.04 bits per heavy atom. The minimum Gasteiger partial charge on any atom is -0.380 e. The molecule has 0 aliphatic rings. The first kappa shape index (κ1) is 17.3. The van der Waals surface area contributed by atoms with Gasteiger partial charge in [-0.2, -0.15) is 0 Å². The standard InChI is InChI=1S/C18H12Cl2N6O/c19-11-6-7-12(20)13(8-11)23-24-16-17(21)25-26-14(9-15(27)22-18(16)26)10-4-2-1-3-5-10/h1-9H,(H2,21,25)(H,22,27). The lowest BCUT2D eigenvalue weighted by atomic mass is 10.1. The highest BCUT2D eigenvalue weighted by Gasteiger charge is 2.15. The summed E-state index contributed by atoms with van der Waals surface area (Å²) in [6, 6.07) is 15.7. The van der Waals surface area contributed by atoms with E-state index < -0.39 is 0 Å². The maximum atomic E-state index is 12.2. The Kier molecular flexibility index (Phi) is 4.39. The number of nitrogen functional groups attached to an aromatic ring is 1. The van der Waals surface area contributed by atoms with Crippen LogP contribution in [0.5, 0.6) is 0 Å². The maximum absolute atomic E-state index is 12.2. The van der Waals surface area contributed by atoms with Crippen LogP contribution in [-0.4, -0.2) is 14.6 Å². The lowest BCUT2D eigenvalue weighted by molar-refractivity contribution is 0.945. The van der Waals surface area contributed by atoms with Crippen molar-refractivity contribution < 1.29 is 0 Å². The van der Waals surface area contributed by atoms with Crippen LogP contribution in [0.25, 0.3) is 16.9 Å². The van der Waals surface area contributed by atoms with Gasteiger partial charge in [0.05, 0.1) is 10.7 Å². The van der Waals surface area contributed by atoms with Crippen LogP contribution in [0.2, 0.25) is 10.0 Å². The number of nitrogens with two attached hydrogens (primary N) is 1. The molecule has 0 saturated heterocycles. The summed E-state index contributed by atoms with van der Waals surface area (Å²) in [5.74, 6) is 0.121. The predicted molar refractivity (Wildman–Crippen MR) is 106 cm³/mol. The van der Waals surface area contributed by atoms with Crippen molar-refractivity contribution in [2.24, 2.45) is 10.2 Å². The molecule has 4 rings (SSSR count). The summed E-state index contributed by atoms with van der Waals surface area (Å²) in [5, 5.41) is 13.4. The third-order valence-corrected chi connectivity index (χ3v) is 4.41. The second-order valence-corrected chi connectivity index (χ2v) is 6.52. The first-order valence-corrected chi connectivity index (χ1v) is 8.62. The summed E-state index contributed by atoms with van der Waals surface area (Å²) >= 11 is 12.1. The van der Waals surface area contributed by atoms with E-state index in [1.165, 1.54) is 10.6 Å². The van der Waals surface area contributed by atoms with Crippen LogP contribution in [0.1, 0.15) is 0 Å². The van der Waals surface area contributed by atoms with Gasteiger partial charge in [-0.1, -0.05) is 53.5 Å². The quantitative estimate of drug-likeness (QED) is 0.475. The number of benzene rings is 2. The molecule has 4 aromatic rings. The zero-order chi connectivity index (χ0) is 19.0. The number of fused-ring (bicyclic) bond motifs is 1. The van der Waals surface area contributed by atoms with E-state index in [-0.39, 0.29) is 17.1 Å². The second-order valence-electron chi connectivity index (χ2n) is 5.67. The molecule has 7 nitrogen and oxygen atoms in total. The van der Waals surface area contributed by atoms with Gasteiger partial charge in [-0.3, -0.25) is 4.79 Å². The van der Waals surface area contributed by atoms with Crippen LogP contribution in [0.15, 0.2) is 69.6 Å². The molecular weight excluding hydrogens is 387 g/mol. The van der Waals surface area contributed by atoms with Crippen molar-refractivity contribution in [2.75, 3.05) is 5.73 Å². The second kappa shape index (κ2) is 6.86. The molecule has 0 aliphatic heterocycles. The number of rotatable bonds is 3. The Hall–Kier alpha value is -3.16. The fourth-order valence-corrected chi connectivity index (χ4v) is 2.95. The Morgan fingerprint density at radius 3 is 2.59 bits per heavy atom. The molecule has 3 N–H and O–H groups in total. The summed E-state index contributed by atoms with van der Waals surface area (Å²) in [7, 11) is 0. The van der Waals surface area contributed by atoms with Gasteiger partial charge in [0.1, 0.15) is 5.69 Å². The van der Waals surface area contributed by atoms with E-state index in [1.54, 1.807) is 18.2 Å². The molecule has 134 valence electrons. The van der Waals surface area contributed by atoms with E-state index in [0.29, 0.717) is 27.1 Å². The molecule has 2 aromatic carbocycles. The lowest BCUT2D eigenvalue weighted by Gasteiger charge is -2.04. The van der Waals surface area contributed by atoms with E-state index in [0.717, 1.165) is 5.56 Å². The van der Waals surface area contributed by atoms with E-state index in [1.807, 2.05) is 30.3 Å². The fraction of sp³-hybridized carbons (Fsp3) is 0. The summed E-state index contributed by atoms with van der Waals surface area (Å²) in [6.07, 6.45) is 0. The number of H-pyrrole nitrogens is 1. The SMILES string of the molecule is Nc1nn2c(-c3ccccc3)cc(=O)[nH]c2c1N=Nc1cc(Cl)ccc1Cl. The zero-order valence-electron chi connectivity index (χ0n) is 13.7. The molecular formula is C18H12Cl2N6O. The highest BCUT2D eigenvalue weighted by Crippen LogP contribution is 2.33. The molecule has 27 heavy (non-hydrogen) atoms. The van der Waals surface area contributed by atoms with E-state index in [9.17, 15) is 4.79 Å². The zero-order valence-corrected chi connectivity index (χ0v) is 15.2. The minimum atomic E-state index is -0.307. The van der Waals surface area contributed by atoms with Crippen molar-refractivity contribution in [1.29, 1.82) is 0 Å². The van der Waals surface area contributed by atoms with Crippen LogP contribution >= 0.6 is 23.2 Å². The van der Waals surface area contributed by atoms with Crippen LogP contribution < -0.4 is 11.3 Å². The van der Waals surface area contributed by atoms with E-state index >= 15 is 0 Å². The van der Waals surface area contributed by atoms with Crippen LogP contribution in [0, 0.1) is 0 Å². The van der Waals surface area contributed by atoms with Crippen molar-refractivity contribution in [1.82, 2.24) is 14.6 Å². The topological polar surface area (TPSA) is 101 Å². The van der Waals surface area contributed by atoms with Crippen molar-refractivity contribution in [3.05, 3.63) is 75.0 Å². The summed E-state index contributed by atoms with van der Waals surface area (Å²) in [4.78, 5) is 14.9. The third kappa shape index (κ3) is 3.30. The normalized spacial score (nSPS) is 11.5. The monoisotopic (exact) mass is 398 g/mol. The summed E-state index contributed by atoms with van der Waals surface area (Å²) < 4.78 is 1.53. The Balaban J connectivity index is 1.89. The van der Waals surface area contributed by atoms with Crippen molar-refractivity contribution >= 4 is 46.0 Å². The van der Waals surface area contributed by atoms with Crippen molar-refractivity contribution in [2.45, 2.75) is 0 Å². The number of aromatic amines is 1. The average molecular weight is 399 g/mol. The molecule has 0 spiro atoms. The predicted octanol–water partition coefficient (Wildman–Crippen LogP) is 4.99. The highest BCUT2D eigenvalue weighted by atomic mass is 35.5. The van der Waals surface area contributed by atoms with Gasteiger partial charge in [-0.25, -0.2) is 4.52 Å². The van der Waals surface area contributed by atoms with Crippen LogP contribution in [0.4, 0.5) is 17.2 Å². The van der Waals surface area contributed by atoms with Crippen LogP contribution in [-0.2, 0) is 0 Å². The van der Waals surface area contributed by atoms with E-state index in [4.69, 9.17) is 28.9 Å². The molecule has 0 atom stereocenters. The largest absolute Gasteiger partial charge is 0.380 e. The van der Waals surface area contributed by atoms with Gasteiger partial charge in [0.15, 0.2) is 17.2 Å². The number of anilines is 1. The molecule has 2 heterocycles. The Morgan fingerprint density at radius 2 is 1.81 bits per heavy atom. The number of hydrogen-bond donors (Lipinski definition) is 2. The fourth-order valence-electron chi connectivity index (χ4n) is 2.63. The first-order valence-electron chi connectivity index (χ1n) is 7.86. The smallest absolute Gasteiger partial charge is 0.251 e. The number of nitrogens with zero attached hydrogens (tertiary/aromatic N) is 4. The third-order valence-electron chi connectivity index (χ3n) is 3.86. The molecule has 9 heteroatoms. The molecule has 0 fully saturated rings. The van der Waals surface area contributed by atoms with Gasteiger partial charge in [-0.15, -0.1) is 15.3 Å². The number of hydrogen-bond acceptors (Lipinski definition) is 5. The number of aromatic nitrogens is 3. The molecule has 0 saturated carbocycles. The Labute approximate surface area is 163 Å². The van der Waals surface area contributed by atoms with E-state index in [2.05, 4.69) is 20.3 Å². The number of nitrogens with one attached hydrogen (secondary N) is 1. The van der Waals surface area contributed by atoms with Gasteiger partial charge >= 0.3 is 0 Å². The highest BCUT2D eigenvalue weighted by molar-refractivity contribution is 6.35. The van der Waals surface area contributed by atoms with Gasteiger partial charge in [0.2, 0.25) is 0 Å².